The summed E-state index contributed by atoms with van der Waals surface area (Å²) in [7, 11) is 3.81. The summed E-state index contributed by atoms with van der Waals surface area (Å²) in [5.74, 6) is -3.78. The van der Waals surface area contributed by atoms with Crippen molar-refractivity contribution in [1.29, 1.82) is 0 Å². The second-order valence-electron chi connectivity index (χ2n) is 5.80. The molecule has 1 fully saturated rings. The third-order valence-electron chi connectivity index (χ3n) is 4.59. The van der Waals surface area contributed by atoms with Crippen molar-refractivity contribution in [3.63, 3.8) is 0 Å². The minimum atomic E-state index is -1.44. The first-order valence-corrected chi connectivity index (χ1v) is 6.96. The normalized spacial score (nSPS) is 20.1. The molecule has 1 saturated carbocycles. The molecule has 0 saturated heterocycles. The molecule has 1 aromatic rings. The highest BCUT2D eigenvalue weighted by atomic mass is 19.2. The summed E-state index contributed by atoms with van der Waals surface area (Å²) in [4.78, 5) is 2.00. The summed E-state index contributed by atoms with van der Waals surface area (Å²) in [6, 6.07) is 1.53. The largest absolute Gasteiger partial charge is 0.322 e. The third kappa shape index (κ3) is 2.44. The van der Waals surface area contributed by atoms with Gasteiger partial charge in [-0.1, -0.05) is 25.3 Å². The molecule has 1 aromatic carbocycles. The molecule has 2 N–H and O–H groups in total. The van der Waals surface area contributed by atoms with Crippen LogP contribution in [0, 0.1) is 17.5 Å². The molecule has 0 bridgehead atoms. The maximum Gasteiger partial charge on any atom is 0.194 e. The Balaban J connectivity index is 2.42. The highest BCUT2D eigenvalue weighted by Crippen LogP contribution is 2.41. The van der Waals surface area contributed by atoms with Crippen molar-refractivity contribution in [1.82, 2.24) is 4.90 Å². The molecule has 0 aromatic heterocycles. The Morgan fingerprint density at radius 2 is 1.65 bits per heavy atom. The predicted octanol–water partition coefficient (Wildman–Crippen LogP) is 3.37. The zero-order chi connectivity index (χ0) is 14.9. The summed E-state index contributed by atoms with van der Waals surface area (Å²) < 4.78 is 40.5. The van der Waals surface area contributed by atoms with E-state index in [9.17, 15) is 13.2 Å². The molecule has 2 nitrogen and oxygen atoms in total. The van der Waals surface area contributed by atoms with E-state index in [0.29, 0.717) is 0 Å². The van der Waals surface area contributed by atoms with E-state index in [-0.39, 0.29) is 5.56 Å². The van der Waals surface area contributed by atoms with Gasteiger partial charge in [0.2, 0.25) is 0 Å². The summed E-state index contributed by atoms with van der Waals surface area (Å²) >= 11 is 0. The Kier molecular flexibility index (Phi) is 4.39. The molecule has 2 rings (SSSR count). The number of likely N-dealkylation sites (N-methyl/N-ethyl adjacent to an activating group) is 1. The van der Waals surface area contributed by atoms with Crippen molar-refractivity contribution in [3.8, 4) is 0 Å². The van der Waals surface area contributed by atoms with E-state index in [1.165, 1.54) is 6.07 Å². The monoisotopic (exact) mass is 286 g/mol. The van der Waals surface area contributed by atoms with Crippen LogP contribution in [-0.2, 0) is 0 Å². The molecule has 0 spiro atoms. The van der Waals surface area contributed by atoms with Crippen LogP contribution in [0.25, 0.3) is 0 Å². The van der Waals surface area contributed by atoms with E-state index in [1.807, 2.05) is 19.0 Å². The topological polar surface area (TPSA) is 29.3 Å². The molecule has 1 aliphatic carbocycles. The summed E-state index contributed by atoms with van der Waals surface area (Å²) in [6.07, 6.45) is 4.82. The van der Waals surface area contributed by atoms with Gasteiger partial charge in [-0.05, 0) is 33.0 Å². The molecule has 0 heterocycles. The van der Waals surface area contributed by atoms with Gasteiger partial charge in [-0.25, -0.2) is 13.2 Å². The van der Waals surface area contributed by atoms with Gasteiger partial charge in [0.15, 0.2) is 17.5 Å². The quantitative estimate of drug-likeness (QED) is 0.863. The van der Waals surface area contributed by atoms with Gasteiger partial charge in [-0.15, -0.1) is 0 Å². The van der Waals surface area contributed by atoms with Crippen LogP contribution in [0.4, 0.5) is 13.2 Å². The van der Waals surface area contributed by atoms with E-state index in [2.05, 4.69) is 0 Å². The Labute approximate surface area is 117 Å². The summed E-state index contributed by atoms with van der Waals surface area (Å²) in [5, 5.41) is 0. The van der Waals surface area contributed by atoms with E-state index in [4.69, 9.17) is 5.73 Å². The van der Waals surface area contributed by atoms with Crippen molar-refractivity contribution >= 4 is 0 Å². The Morgan fingerprint density at radius 3 is 2.20 bits per heavy atom. The van der Waals surface area contributed by atoms with Crippen LogP contribution in [-0.4, -0.2) is 24.5 Å². The molecule has 0 aliphatic heterocycles. The maximum absolute atomic E-state index is 14.0. The second-order valence-corrected chi connectivity index (χ2v) is 5.80. The minimum Gasteiger partial charge on any atom is -0.322 e. The minimum absolute atomic E-state index is 0.0551. The zero-order valence-corrected chi connectivity index (χ0v) is 11.9. The molecule has 1 atom stereocenters. The van der Waals surface area contributed by atoms with Gasteiger partial charge < -0.3 is 10.6 Å². The van der Waals surface area contributed by atoms with Crippen molar-refractivity contribution in [2.45, 2.75) is 43.7 Å². The Morgan fingerprint density at radius 1 is 1.05 bits per heavy atom. The molecule has 0 amide bonds. The number of nitrogens with two attached hydrogens (primary N) is 1. The molecular formula is C15H21F3N2. The average Bonchev–Trinajstić information content (AvgIpc) is 2.45. The molecule has 0 radical (unpaired) electrons. The van der Waals surface area contributed by atoms with Crippen LogP contribution in [0.5, 0.6) is 0 Å². The molecule has 5 heteroatoms. The Bertz CT molecular complexity index is 482. The third-order valence-corrected chi connectivity index (χ3v) is 4.59. The van der Waals surface area contributed by atoms with Crippen LogP contribution in [0.3, 0.4) is 0 Å². The van der Waals surface area contributed by atoms with Gasteiger partial charge in [0.25, 0.3) is 0 Å². The highest BCUT2D eigenvalue weighted by molar-refractivity contribution is 5.27. The number of benzene rings is 1. The number of hydrogen-bond donors (Lipinski definition) is 1. The standard InChI is InChI=1S/C15H21F3N2/c1-20(2)15(8-4-3-5-9-15)14(19)10-6-7-11(16)13(18)12(10)17/h6-7,14H,3-5,8-9,19H2,1-2H3. The maximum atomic E-state index is 14.0. The average molecular weight is 286 g/mol. The molecular weight excluding hydrogens is 265 g/mol. The van der Waals surface area contributed by atoms with Crippen LogP contribution >= 0.6 is 0 Å². The molecule has 20 heavy (non-hydrogen) atoms. The Hall–Kier alpha value is -1.07. The van der Waals surface area contributed by atoms with E-state index < -0.39 is 29.0 Å². The van der Waals surface area contributed by atoms with Gasteiger partial charge in [-0.3, -0.25) is 0 Å². The molecule has 112 valence electrons. The van der Waals surface area contributed by atoms with Crippen molar-refractivity contribution in [3.05, 3.63) is 35.1 Å². The van der Waals surface area contributed by atoms with E-state index in [1.54, 1.807) is 0 Å². The van der Waals surface area contributed by atoms with Crippen LogP contribution in [0.2, 0.25) is 0 Å². The fourth-order valence-corrected chi connectivity index (χ4v) is 3.27. The molecule has 1 aliphatic rings. The van der Waals surface area contributed by atoms with E-state index >= 15 is 0 Å². The van der Waals surface area contributed by atoms with Crippen LogP contribution < -0.4 is 5.73 Å². The summed E-state index contributed by atoms with van der Waals surface area (Å²) in [6.45, 7) is 0. The number of halogens is 3. The van der Waals surface area contributed by atoms with Crippen molar-refractivity contribution in [2.24, 2.45) is 5.73 Å². The van der Waals surface area contributed by atoms with Gasteiger partial charge >= 0.3 is 0 Å². The van der Waals surface area contributed by atoms with E-state index in [0.717, 1.165) is 38.2 Å². The number of hydrogen-bond acceptors (Lipinski definition) is 2. The lowest BCUT2D eigenvalue weighted by Gasteiger charge is -2.47. The van der Waals surface area contributed by atoms with Gasteiger partial charge in [-0.2, -0.15) is 0 Å². The van der Waals surface area contributed by atoms with Crippen LogP contribution in [0.1, 0.15) is 43.7 Å². The lowest BCUT2D eigenvalue weighted by Crippen LogP contribution is -2.53. The van der Waals surface area contributed by atoms with Gasteiger partial charge in [0.05, 0.1) is 6.04 Å². The first kappa shape index (κ1) is 15.3. The number of rotatable bonds is 3. The second kappa shape index (κ2) is 5.74. The van der Waals surface area contributed by atoms with Gasteiger partial charge in [0.1, 0.15) is 0 Å². The zero-order valence-electron chi connectivity index (χ0n) is 11.9. The van der Waals surface area contributed by atoms with Crippen molar-refractivity contribution < 1.29 is 13.2 Å². The lowest BCUT2D eigenvalue weighted by atomic mass is 9.73. The smallest absolute Gasteiger partial charge is 0.194 e. The fourth-order valence-electron chi connectivity index (χ4n) is 3.27. The van der Waals surface area contributed by atoms with Crippen molar-refractivity contribution in [2.75, 3.05) is 14.1 Å². The highest BCUT2D eigenvalue weighted by Gasteiger charge is 2.42. The fraction of sp³-hybridized carbons (Fsp3) is 0.600. The number of nitrogens with zero attached hydrogens (tertiary/aromatic N) is 1. The lowest BCUT2D eigenvalue weighted by molar-refractivity contribution is 0.0697. The predicted molar refractivity (Wildman–Crippen MR) is 72.7 cm³/mol. The SMILES string of the molecule is CN(C)C1(C(N)c2ccc(F)c(F)c2F)CCCCC1. The molecule has 1 unspecified atom stereocenters. The summed E-state index contributed by atoms with van der Waals surface area (Å²) in [5.41, 5.74) is 5.91. The van der Waals surface area contributed by atoms with Gasteiger partial charge in [0, 0.05) is 11.1 Å². The van der Waals surface area contributed by atoms with Crippen LogP contribution in [0.15, 0.2) is 12.1 Å². The first-order valence-electron chi connectivity index (χ1n) is 6.96. The first-order chi connectivity index (χ1) is 9.40.